The van der Waals surface area contributed by atoms with E-state index in [0.717, 1.165) is 47.2 Å². The van der Waals surface area contributed by atoms with Crippen molar-refractivity contribution in [2.75, 3.05) is 11.1 Å². The number of nitrogens with one attached hydrogen (secondary N) is 2. The van der Waals surface area contributed by atoms with Crippen LogP contribution in [-0.2, 0) is 4.79 Å². The van der Waals surface area contributed by atoms with Crippen molar-refractivity contribution in [3.8, 4) is 0 Å². The summed E-state index contributed by atoms with van der Waals surface area (Å²) < 4.78 is 0.969. The van der Waals surface area contributed by atoms with Gasteiger partial charge < -0.3 is 10.6 Å². The van der Waals surface area contributed by atoms with E-state index in [9.17, 15) is 4.79 Å². The van der Waals surface area contributed by atoms with Gasteiger partial charge in [0.05, 0.1) is 0 Å². The van der Waals surface area contributed by atoms with Gasteiger partial charge in [-0.2, -0.15) is 0 Å². The molecule has 2 N–H and O–H groups in total. The van der Waals surface area contributed by atoms with Gasteiger partial charge in [0, 0.05) is 21.5 Å². The Labute approximate surface area is 160 Å². The molecule has 7 heteroatoms. The molecule has 0 unspecified atom stereocenters. The van der Waals surface area contributed by atoms with E-state index in [-0.39, 0.29) is 17.6 Å². The van der Waals surface area contributed by atoms with Crippen molar-refractivity contribution in [1.82, 2.24) is 10.3 Å². The Bertz CT molecular complexity index is 745. The molecule has 2 heterocycles. The first-order chi connectivity index (χ1) is 12.1. The number of benzene rings is 1. The molecule has 2 aliphatic heterocycles. The van der Waals surface area contributed by atoms with Crippen LogP contribution < -0.4 is 10.6 Å². The van der Waals surface area contributed by atoms with Crippen molar-refractivity contribution in [3.63, 3.8) is 0 Å². The fourth-order valence-corrected chi connectivity index (χ4v) is 4.93. The minimum absolute atomic E-state index is 0.00707. The average molecular weight is 421 g/mol. The number of fused-ring (bicyclic) bond motifs is 4. The van der Waals surface area contributed by atoms with E-state index < -0.39 is 0 Å². The Morgan fingerprint density at radius 1 is 1.40 bits per heavy atom. The minimum Gasteiger partial charge on any atom is -0.361 e. The predicted octanol–water partition coefficient (Wildman–Crippen LogP) is 4.20. The highest BCUT2D eigenvalue weighted by atomic mass is 79.9. The summed E-state index contributed by atoms with van der Waals surface area (Å²) >= 11 is 5.04. The summed E-state index contributed by atoms with van der Waals surface area (Å²) in [5, 5.41) is 14.2. The van der Waals surface area contributed by atoms with Gasteiger partial charge in [0.1, 0.15) is 5.66 Å². The van der Waals surface area contributed by atoms with E-state index in [1.54, 1.807) is 0 Å². The van der Waals surface area contributed by atoms with Crippen LogP contribution in [0.25, 0.3) is 0 Å². The second-order valence-electron chi connectivity index (χ2n) is 6.69. The van der Waals surface area contributed by atoms with Gasteiger partial charge in [-0.1, -0.05) is 40.2 Å². The zero-order valence-electron chi connectivity index (χ0n) is 13.9. The average Bonchev–Trinajstić information content (AvgIpc) is 2.61. The molecule has 1 amide bonds. The lowest BCUT2D eigenvalue weighted by Crippen LogP contribution is -2.62. The third-order valence-corrected chi connectivity index (χ3v) is 6.41. The van der Waals surface area contributed by atoms with Crippen molar-refractivity contribution in [2.45, 2.75) is 43.8 Å². The van der Waals surface area contributed by atoms with Crippen LogP contribution in [0, 0.1) is 0 Å². The number of hydrogen-bond acceptors (Lipinski definition) is 5. The first kappa shape index (κ1) is 17.0. The maximum atomic E-state index is 13.0. The van der Waals surface area contributed by atoms with E-state index in [2.05, 4.69) is 39.2 Å². The number of halogens is 1. The summed E-state index contributed by atoms with van der Waals surface area (Å²) in [5.41, 5.74) is 1.74. The lowest BCUT2D eigenvalue weighted by atomic mass is 9.83. The summed E-state index contributed by atoms with van der Waals surface area (Å²) in [6, 6.07) is 5.71. The molecule has 132 valence electrons. The second kappa shape index (κ2) is 6.68. The first-order valence-electron chi connectivity index (χ1n) is 8.63. The Morgan fingerprint density at radius 3 is 2.96 bits per heavy atom. The van der Waals surface area contributed by atoms with Crippen molar-refractivity contribution in [2.24, 2.45) is 5.10 Å². The lowest BCUT2D eigenvalue weighted by molar-refractivity contribution is -0.130. The number of anilines is 1. The van der Waals surface area contributed by atoms with E-state index in [1.165, 1.54) is 18.2 Å². The van der Waals surface area contributed by atoms with Crippen LogP contribution in [-0.4, -0.2) is 27.5 Å². The van der Waals surface area contributed by atoms with Crippen LogP contribution in [0.3, 0.4) is 0 Å². The highest BCUT2D eigenvalue weighted by molar-refractivity contribution is 9.10. The molecule has 0 radical (unpaired) electrons. The van der Waals surface area contributed by atoms with Gasteiger partial charge in [0.2, 0.25) is 0 Å². The summed E-state index contributed by atoms with van der Waals surface area (Å²) in [5.74, 6) is 0.715. The van der Waals surface area contributed by atoms with Gasteiger partial charge in [0.25, 0.3) is 5.91 Å². The van der Waals surface area contributed by atoms with Crippen LogP contribution >= 0.6 is 27.7 Å². The van der Waals surface area contributed by atoms with Gasteiger partial charge in [-0.25, -0.2) is 0 Å². The number of nitrogens with zero attached hydrogens (tertiary/aromatic N) is 2. The topological polar surface area (TPSA) is 56.7 Å². The van der Waals surface area contributed by atoms with Gasteiger partial charge in [-0.3, -0.25) is 9.80 Å². The molecule has 5 nitrogen and oxygen atoms in total. The third kappa shape index (κ3) is 2.97. The highest BCUT2D eigenvalue weighted by Crippen LogP contribution is 2.47. The van der Waals surface area contributed by atoms with Crippen molar-refractivity contribution < 1.29 is 4.79 Å². The molecule has 1 fully saturated rings. The van der Waals surface area contributed by atoms with Gasteiger partial charge in [0.15, 0.2) is 11.2 Å². The van der Waals surface area contributed by atoms with E-state index >= 15 is 0 Å². The minimum atomic E-state index is -0.389. The SMILES string of the molecule is C=CCSC1=NN2[C@@H](C(=O)N1)c1cc(Br)ccc1NC21CCCCC1. The number of hydrogen-bond donors (Lipinski definition) is 2. The van der Waals surface area contributed by atoms with Crippen LogP contribution in [0.1, 0.15) is 43.7 Å². The molecule has 1 aromatic carbocycles. The Morgan fingerprint density at radius 2 is 2.20 bits per heavy atom. The maximum Gasteiger partial charge on any atom is 0.255 e. The highest BCUT2D eigenvalue weighted by Gasteiger charge is 2.50. The van der Waals surface area contributed by atoms with Crippen LogP contribution in [0.15, 0.2) is 40.4 Å². The normalized spacial score (nSPS) is 23.9. The second-order valence-corrected chi connectivity index (χ2v) is 8.61. The molecule has 1 aliphatic carbocycles. The Hall–Kier alpha value is -1.47. The largest absolute Gasteiger partial charge is 0.361 e. The lowest BCUT2D eigenvalue weighted by Gasteiger charge is -2.53. The number of amidine groups is 1. The summed E-state index contributed by atoms with van der Waals surface area (Å²) in [6.07, 6.45) is 7.35. The molecule has 3 aliphatic rings. The summed E-state index contributed by atoms with van der Waals surface area (Å²) in [4.78, 5) is 13.0. The smallest absolute Gasteiger partial charge is 0.255 e. The van der Waals surface area contributed by atoms with Gasteiger partial charge >= 0.3 is 0 Å². The van der Waals surface area contributed by atoms with E-state index in [4.69, 9.17) is 5.10 Å². The summed E-state index contributed by atoms with van der Waals surface area (Å²) in [7, 11) is 0. The van der Waals surface area contributed by atoms with Crippen LogP contribution in [0.4, 0.5) is 5.69 Å². The number of hydrazone groups is 1. The molecule has 25 heavy (non-hydrogen) atoms. The monoisotopic (exact) mass is 420 g/mol. The van der Waals surface area contributed by atoms with Gasteiger partial charge in [-0.15, -0.1) is 11.7 Å². The zero-order chi connectivity index (χ0) is 17.4. The number of rotatable bonds is 2. The molecule has 4 rings (SSSR count). The number of amides is 1. The van der Waals surface area contributed by atoms with Crippen molar-refractivity contribution in [3.05, 3.63) is 40.9 Å². The maximum absolute atomic E-state index is 13.0. The number of carbonyl (C=O) groups excluding carboxylic acids is 1. The predicted molar refractivity (Wildman–Crippen MR) is 106 cm³/mol. The molecule has 0 saturated heterocycles. The standard InChI is InChI=1S/C18H21BrN4OS/c1-2-10-25-17-20-16(24)15-13-11-12(19)6-7-14(13)21-18(23(15)22-17)8-4-3-5-9-18/h2,6-7,11,15,21H,1,3-5,8-10H2,(H,20,22,24)/t15-/m1/s1. The van der Waals surface area contributed by atoms with Crippen LogP contribution in [0.5, 0.6) is 0 Å². The Kier molecular flexibility index (Phi) is 4.54. The van der Waals surface area contributed by atoms with E-state index in [1.807, 2.05) is 23.2 Å². The fraction of sp³-hybridized carbons (Fsp3) is 0.444. The molecule has 1 saturated carbocycles. The fourth-order valence-electron chi connectivity index (χ4n) is 3.96. The molecule has 1 spiro atoms. The third-order valence-electron chi connectivity index (χ3n) is 5.05. The van der Waals surface area contributed by atoms with E-state index in [0.29, 0.717) is 5.17 Å². The first-order valence-corrected chi connectivity index (χ1v) is 10.4. The molecular weight excluding hydrogens is 400 g/mol. The van der Waals surface area contributed by atoms with Gasteiger partial charge in [-0.05, 0) is 43.9 Å². The van der Waals surface area contributed by atoms with Crippen LogP contribution in [0.2, 0.25) is 0 Å². The summed E-state index contributed by atoms with van der Waals surface area (Å²) in [6.45, 7) is 3.75. The zero-order valence-corrected chi connectivity index (χ0v) is 16.3. The quantitative estimate of drug-likeness (QED) is 0.703. The number of carbonyl (C=O) groups is 1. The van der Waals surface area contributed by atoms with Crippen molar-refractivity contribution in [1.29, 1.82) is 0 Å². The number of thioether (sulfide) groups is 1. The molecule has 1 aromatic rings. The Balaban J connectivity index is 1.81. The van der Waals surface area contributed by atoms with Crippen molar-refractivity contribution >= 4 is 44.5 Å². The molecule has 0 aromatic heterocycles. The molecule has 0 bridgehead atoms. The molecule has 1 atom stereocenters. The molecular formula is C18H21BrN4OS.